The molecule has 0 unspecified atom stereocenters. The maximum atomic E-state index is 11.2. The van der Waals surface area contributed by atoms with Crippen LogP contribution in [0.15, 0.2) is 22.8 Å². The van der Waals surface area contributed by atoms with E-state index in [1.165, 1.54) is 12.3 Å². The fourth-order valence-corrected chi connectivity index (χ4v) is 0.827. The van der Waals surface area contributed by atoms with Crippen LogP contribution >= 0.6 is 0 Å². The molecule has 1 heterocycles. The monoisotopic (exact) mass is 212 g/mol. The molecule has 1 aromatic heterocycles. The molecule has 0 saturated carbocycles. The zero-order valence-corrected chi connectivity index (χ0v) is 8.28. The second-order valence-corrected chi connectivity index (χ2v) is 2.62. The van der Waals surface area contributed by atoms with Crippen LogP contribution in [0.4, 0.5) is 0 Å². The molecule has 6 nitrogen and oxygen atoms in total. The summed E-state index contributed by atoms with van der Waals surface area (Å²) in [6, 6.07) is 3.07. The maximum absolute atomic E-state index is 11.2. The van der Waals surface area contributed by atoms with E-state index in [9.17, 15) is 9.59 Å². The number of hydrazine groups is 1. The van der Waals surface area contributed by atoms with Gasteiger partial charge in [-0.15, -0.1) is 0 Å². The number of amides is 2. The molecule has 0 aliphatic carbocycles. The van der Waals surface area contributed by atoms with Crippen LogP contribution in [0.3, 0.4) is 0 Å². The zero-order chi connectivity index (χ0) is 11.1. The Bertz CT molecular complexity index is 321. The number of ether oxygens (including phenoxy) is 1. The van der Waals surface area contributed by atoms with Crippen molar-refractivity contribution in [1.29, 1.82) is 0 Å². The Morgan fingerprint density at radius 1 is 1.47 bits per heavy atom. The average Bonchev–Trinajstić information content (AvgIpc) is 2.76. The molecule has 0 aliphatic heterocycles. The topological polar surface area (TPSA) is 80.6 Å². The minimum atomic E-state index is -0.509. The fourth-order valence-electron chi connectivity index (χ4n) is 0.827. The summed E-state index contributed by atoms with van der Waals surface area (Å²) >= 11 is 0. The van der Waals surface area contributed by atoms with Gasteiger partial charge >= 0.3 is 5.91 Å². The Labute approximate surface area is 86.6 Å². The van der Waals surface area contributed by atoms with Gasteiger partial charge in [-0.25, -0.2) is 0 Å². The normalized spacial score (nSPS) is 9.67. The highest BCUT2D eigenvalue weighted by Gasteiger charge is 2.08. The van der Waals surface area contributed by atoms with Crippen LogP contribution in [0.5, 0.6) is 0 Å². The van der Waals surface area contributed by atoms with Crippen molar-refractivity contribution in [3.05, 3.63) is 24.2 Å². The van der Waals surface area contributed by atoms with Crippen LogP contribution in [-0.4, -0.2) is 25.0 Å². The van der Waals surface area contributed by atoms with E-state index in [4.69, 9.17) is 9.15 Å². The van der Waals surface area contributed by atoms with Crippen LogP contribution in [0.25, 0.3) is 0 Å². The van der Waals surface area contributed by atoms with Gasteiger partial charge in [0, 0.05) is 6.61 Å². The third-order valence-electron chi connectivity index (χ3n) is 1.50. The summed E-state index contributed by atoms with van der Waals surface area (Å²) in [5.74, 6) is -0.798. The van der Waals surface area contributed by atoms with Crippen LogP contribution in [0, 0.1) is 0 Å². The Balaban J connectivity index is 2.25. The molecule has 1 aromatic rings. The van der Waals surface area contributed by atoms with Crippen molar-refractivity contribution in [3.8, 4) is 0 Å². The highest BCUT2D eigenvalue weighted by atomic mass is 16.5. The highest BCUT2D eigenvalue weighted by molar-refractivity contribution is 5.92. The number of carbonyl (C=O) groups is 2. The minimum absolute atomic E-state index is 0.0884. The number of rotatable bonds is 4. The molecule has 0 bridgehead atoms. The van der Waals surface area contributed by atoms with Gasteiger partial charge in [0.1, 0.15) is 6.61 Å². The minimum Gasteiger partial charge on any atom is -0.459 e. The fraction of sp³-hybridized carbons (Fsp3) is 0.333. The predicted octanol–water partition coefficient (Wildman–Crippen LogP) is 0.0771. The molecule has 1 rings (SSSR count). The van der Waals surface area contributed by atoms with E-state index < -0.39 is 11.8 Å². The van der Waals surface area contributed by atoms with Gasteiger partial charge in [0.15, 0.2) is 5.76 Å². The summed E-state index contributed by atoms with van der Waals surface area (Å²) in [5.41, 5.74) is 4.36. The van der Waals surface area contributed by atoms with Crippen molar-refractivity contribution in [2.24, 2.45) is 0 Å². The summed E-state index contributed by atoms with van der Waals surface area (Å²) in [4.78, 5) is 22.2. The first-order valence-electron chi connectivity index (χ1n) is 4.44. The molecule has 2 amide bonds. The molecule has 82 valence electrons. The van der Waals surface area contributed by atoms with E-state index in [0.717, 1.165) is 0 Å². The van der Waals surface area contributed by atoms with E-state index in [2.05, 4.69) is 10.9 Å². The van der Waals surface area contributed by atoms with Crippen LogP contribution < -0.4 is 10.9 Å². The number of carbonyl (C=O) groups excluding carboxylic acids is 2. The van der Waals surface area contributed by atoms with Crippen molar-refractivity contribution in [3.63, 3.8) is 0 Å². The van der Waals surface area contributed by atoms with E-state index in [-0.39, 0.29) is 12.4 Å². The van der Waals surface area contributed by atoms with Gasteiger partial charge in [0.25, 0.3) is 5.91 Å². The summed E-state index contributed by atoms with van der Waals surface area (Å²) in [6.45, 7) is 2.13. The van der Waals surface area contributed by atoms with Crippen molar-refractivity contribution < 1.29 is 18.7 Å². The van der Waals surface area contributed by atoms with Gasteiger partial charge in [-0.3, -0.25) is 20.4 Å². The first-order chi connectivity index (χ1) is 7.24. The Hall–Kier alpha value is -1.82. The lowest BCUT2D eigenvalue weighted by molar-refractivity contribution is -0.126. The number of hydrogen-bond donors (Lipinski definition) is 2. The van der Waals surface area contributed by atoms with E-state index in [1.54, 1.807) is 13.0 Å². The largest absolute Gasteiger partial charge is 0.459 e. The molecule has 0 fully saturated rings. The van der Waals surface area contributed by atoms with Crippen molar-refractivity contribution >= 4 is 11.8 Å². The summed E-state index contributed by atoms with van der Waals surface area (Å²) in [5, 5.41) is 0. The molecule has 15 heavy (non-hydrogen) atoms. The zero-order valence-electron chi connectivity index (χ0n) is 8.28. The number of furan rings is 1. The second kappa shape index (κ2) is 5.82. The van der Waals surface area contributed by atoms with Crippen molar-refractivity contribution in [2.45, 2.75) is 6.92 Å². The molecular formula is C9H12N2O4. The van der Waals surface area contributed by atoms with E-state index in [1.807, 2.05) is 0 Å². The Morgan fingerprint density at radius 3 is 2.87 bits per heavy atom. The number of hydrogen-bond acceptors (Lipinski definition) is 4. The predicted molar refractivity (Wildman–Crippen MR) is 50.8 cm³/mol. The van der Waals surface area contributed by atoms with E-state index in [0.29, 0.717) is 6.61 Å². The molecule has 2 N–H and O–H groups in total. The molecule has 0 aliphatic rings. The average molecular weight is 212 g/mol. The second-order valence-electron chi connectivity index (χ2n) is 2.62. The molecule has 0 saturated heterocycles. The third-order valence-corrected chi connectivity index (χ3v) is 1.50. The third kappa shape index (κ3) is 3.82. The summed E-state index contributed by atoms with van der Waals surface area (Å²) < 4.78 is 9.65. The molecule has 6 heteroatoms. The standard InChI is InChI=1S/C9H12N2O4/c1-2-14-6-8(12)10-11-9(13)7-4-3-5-15-7/h3-5H,2,6H2,1H3,(H,10,12)(H,11,13). The van der Waals surface area contributed by atoms with Gasteiger partial charge < -0.3 is 9.15 Å². The highest BCUT2D eigenvalue weighted by Crippen LogP contribution is 1.97. The lowest BCUT2D eigenvalue weighted by Crippen LogP contribution is -2.43. The van der Waals surface area contributed by atoms with Gasteiger partial charge in [-0.05, 0) is 19.1 Å². The molecule has 0 atom stereocenters. The first kappa shape index (κ1) is 11.3. The lowest BCUT2D eigenvalue weighted by Gasteiger charge is -2.05. The molecule has 0 spiro atoms. The van der Waals surface area contributed by atoms with Crippen molar-refractivity contribution in [2.75, 3.05) is 13.2 Å². The van der Waals surface area contributed by atoms with Gasteiger partial charge in [0.2, 0.25) is 0 Å². The Kier molecular flexibility index (Phi) is 4.36. The smallest absolute Gasteiger partial charge is 0.305 e. The van der Waals surface area contributed by atoms with E-state index >= 15 is 0 Å². The van der Waals surface area contributed by atoms with Crippen LogP contribution in [0.1, 0.15) is 17.5 Å². The van der Waals surface area contributed by atoms with Gasteiger partial charge in [-0.1, -0.05) is 0 Å². The summed E-state index contributed by atoms with van der Waals surface area (Å²) in [6.07, 6.45) is 1.37. The van der Waals surface area contributed by atoms with Gasteiger partial charge in [0.05, 0.1) is 6.26 Å². The SMILES string of the molecule is CCOCC(=O)NNC(=O)c1ccco1. The summed E-state index contributed by atoms with van der Waals surface area (Å²) in [7, 11) is 0. The maximum Gasteiger partial charge on any atom is 0.305 e. The lowest BCUT2D eigenvalue weighted by atomic mass is 10.4. The van der Waals surface area contributed by atoms with Crippen molar-refractivity contribution in [1.82, 2.24) is 10.9 Å². The Morgan fingerprint density at radius 2 is 2.27 bits per heavy atom. The molecule has 0 radical (unpaired) electrons. The molecular weight excluding hydrogens is 200 g/mol. The van der Waals surface area contributed by atoms with Crippen LogP contribution in [0.2, 0.25) is 0 Å². The quantitative estimate of drug-likeness (QED) is 0.692. The first-order valence-corrected chi connectivity index (χ1v) is 4.44. The van der Waals surface area contributed by atoms with Gasteiger partial charge in [-0.2, -0.15) is 0 Å². The molecule has 0 aromatic carbocycles. The number of nitrogens with one attached hydrogen (secondary N) is 2. The van der Waals surface area contributed by atoms with Crippen LogP contribution in [-0.2, 0) is 9.53 Å².